The molecule has 3 rings (SSSR count). The van der Waals surface area contributed by atoms with Crippen molar-refractivity contribution in [2.75, 3.05) is 51.1 Å². The molecule has 0 radical (unpaired) electrons. The maximum absolute atomic E-state index is 12.8. The smallest absolute Gasteiger partial charge is 0.279 e. The third kappa shape index (κ3) is 5.35. The van der Waals surface area contributed by atoms with Crippen LogP contribution in [-0.4, -0.2) is 73.3 Å². The minimum Gasteiger partial charge on any atom is -0.343 e. The number of aryl methyl sites for hydroxylation is 2. The third-order valence-electron chi connectivity index (χ3n) is 6.23. The second-order valence-corrected chi connectivity index (χ2v) is 8.35. The lowest BCUT2D eigenvalue weighted by molar-refractivity contribution is -0.895. The second kappa shape index (κ2) is 9.39. The van der Waals surface area contributed by atoms with Gasteiger partial charge in [0.25, 0.3) is 5.91 Å². The highest BCUT2D eigenvalue weighted by molar-refractivity contribution is 5.93. The molecule has 1 aromatic rings. The first kappa shape index (κ1) is 21.3. The summed E-state index contributed by atoms with van der Waals surface area (Å²) in [7, 11) is 0. The Bertz CT molecular complexity index is 743. The summed E-state index contributed by atoms with van der Waals surface area (Å²) in [5, 5.41) is 3.05. The highest BCUT2D eigenvalue weighted by Crippen LogP contribution is 2.20. The molecule has 3 amide bonds. The van der Waals surface area contributed by atoms with Crippen molar-refractivity contribution in [2.24, 2.45) is 5.92 Å². The molecule has 0 bridgehead atoms. The zero-order valence-electron chi connectivity index (χ0n) is 17.8. The zero-order valence-corrected chi connectivity index (χ0v) is 17.8. The van der Waals surface area contributed by atoms with E-state index >= 15 is 0 Å². The number of amides is 3. The number of hydrogen-bond donors (Lipinski definition) is 2. The molecule has 2 heterocycles. The summed E-state index contributed by atoms with van der Waals surface area (Å²) in [5.74, 6) is 0.354. The topological polar surface area (TPSA) is 74.2 Å². The van der Waals surface area contributed by atoms with Gasteiger partial charge in [0.05, 0.1) is 26.2 Å². The molecular weight excluding hydrogens is 368 g/mol. The molecule has 2 saturated heterocycles. The van der Waals surface area contributed by atoms with Crippen molar-refractivity contribution >= 4 is 23.4 Å². The van der Waals surface area contributed by atoms with Crippen LogP contribution in [0.5, 0.6) is 0 Å². The lowest BCUT2D eigenvalue weighted by Gasteiger charge is -2.36. The largest absolute Gasteiger partial charge is 0.343 e. The molecule has 1 aromatic carbocycles. The number of piperazine rings is 1. The number of benzene rings is 1. The van der Waals surface area contributed by atoms with Gasteiger partial charge in [-0.2, -0.15) is 0 Å². The van der Waals surface area contributed by atoms with E-state index in [1.807, 2.05) is 41.8 Å². The number of carbonyl (C=O) groups is 3. The van der Waals surface area contributed by atoms with Crippen LogP contribution in [0.4, 0.5) is 5.69 Å². The number of likely N-dealkylation sites (tertiary alicyclic amines) is 1. The van der Waals surface area contributed by atoms with Gasteiger partial charge in [-0.1, -0.05) is 18.2 Å². The third-order valence-corrected chi connectivity index (χ3v) is 6.23. The van der Waals surface area contributed by atoms with Crippen molar-refractivity contribution < 1.29 is 19.3 Å². The molecule has 0 atom stereocenters. The Labute approximate surface area is 173 Å². The van der Waals surface area contributed by atoms with E-state index in [4.69, 9.17) is 0 Å². The molecule has 2 N–H and O–H groups in total. The van der Waals surface area contributed by atoms with Crippen LogP contribution in [-0.2, 0) is 14.4 Å². The molecule has 2 aliphatic heterocycles. The molecule has 0 unspecified atom stereocenters. The molecule has 0 aliphatic carbocycles. The minimum absolute atomic E-state index is 0.0220. The summed E-state index contributed by atoms with van der Waals surface area (Å²) in [6.07, 6.45) is 1.51. The van der Waals surface area contributed by atoms with Crippen molar-refractivity contribution in [3.8, 4) is 0 Å². The lowest BCUT2D eigenvalue weighted by Crippen LogP contribution is -3.15. The van der Waals surface area contributed by atoms with Crippen molar-refractivity contribution in [2.45, 2.75) is 33.6 Å². The molecule has 7 heteroatoms. The van der Waals surface area contributed by atoms with Crippen LogP contribution in [0.2, 0.25) is 0 Å². The Morgan fingerprint density at radius 3 is 2.14 bits per heavy atom. The summed E-state index contributed by atoms with van der Waals surface area (Å²) in [6, 6.07) is 5.99. The van der Waals surface area contributed by atoms with Gasteiger partial charge < -0.3 is 20.0 Å². The highest BCUT2D eigenvalue weighted by Gasteiger charge is 2.32. The summed E-state index contributed by atoms with van der Waals surface area (Å²) in [5.41, 5.74) is 3.04. The van der Waals surface area contributed by atoms with Gasteiger partial charge in [0.1, 0.15) is 0 Å². The molecule has 0 spiro atoms. The Morgan fingerprint density at radius 1 is 1.00 bits per heavy atom. The maximum atomic E-state index is 12.8. The van der Waals surface area contributed by atoms with Gasteiger partial charge in [-0.15, -0.1) is 0 Å². The van der Waals surface area contributed by atoms with Gasteiger partial charge >= 0.3 is 0 Å². The average Bonchev–Trinajstić information content (AvgIpc) is 2.71. The fraction of sp³-hybridized carbons (Fsp3) is 0.591. The van der Waals surface area contributed by atoms with Crippen molar-refractivity contribution in [1.82, 2.24) is 9.80 Å². The SMILES string of the molecule is CC(=O)N1CCC(C(=O)N2CC[NH+](CC(=O)Nc3c(C)cccc3C)CC2)CC1. The number of hydrogen-bond acceptors (Lipinski definition) is 3. The molecule has 2 aliphatic rings. The Balaban J connectivity index is 1.44. The highest BCUT2D eigenvalue weighted by atomic mass is 16.2. The number of para-hydroxylation sites is 1. The van der Waals surface area contributed by atoms with Gasteiger partial charge in [0, 0.05) is 31.6 Å². The number of piperidine rings is 1. The molecule has 158 valence electrons. The van der Waals surface area contributed by atoms with E-state index in [0.29, 0.717) is 32.7 Å². The number of rotatable bonds is 4. The van der Waals surface area contributed by atoms with E-state index in [9.17, 15) is 14.4 Å². The molecule has 0 saturated carbocycles. The van der Waals surface area contributed by atoms with Crippen LogP contribution in [0.3, 0.4) is 0 Å². The first-order chi connectivity index (χ1) is 13.8. The molecule has 7 nitrogen and oxygen atoms in total. The van der Waals surface area contributed by atoms with E-state index in [1.54, 1.807) is 6.92 Å². The molecule has 0 aromatic heterocycles. The van der Waals surface area contributed by atoms with Gasteiger partial charge in [0.15, 0.2) is 6.54 Å². The Morgan fingerprint density at radius 2 is 1.59 bits per heavy atom. The van der Waals surface area contributed by atoms with E-state index in [1.165, 1.54) is 4.90 Å². The number of anilines is 1. The second-order valence-electron chi connectivity index (χ2n) is 8.35. The van der Waals surface area contributed by atoms with Crippen LogP contribution >= 0.6 is 0 Å². The quantitative estimate of drug-likeness (QED) is 0.759. The average molecular weight is 402 g/mol. The monoisotopic (exact) mass is 401 g/mol. The first-order valence-electron chi connectivity index (χ1n) is 10.6. The van der Waals surface area contributed by atoms with Crippen LogP contribution in [0, 0.1) is 19.8 Å². The first-order valence-corrected chi connectivity index (χ1v) is 10.6. The number of carbonyl (C=O) groups excluding carboxylic acids is 3. The van der Waals surface area contributed by atoms with Gasteiger partial charge in [0.2, 0.25) is 11.8 Å². The summed E-state index contributed by atoms with van der Waals surface area (Å²) < 4.78 is 0. The maximum Gasteiger partial charge on any atom is 0.279 e. The van der Waals surface area contributed by atoms with Gasteiger partial charge in [-0.25, -0.2) is 0 Å². The summed E-state index contributed by atoms with van der Waals surface area (Å²) >= 11 is 0. The van der Waals surface area contributed by atoms with Gasteiger partial charge in [-0.05, 0) is 37.8 Å². The standard InChI is InChI=1S/C22H32N4O3/c1-16-5-4-6-17(2)21(16)23-20(28)15-24-11-13-26(14-12-24)22(29)19-7-9-25(10-8-19)18(3)27/h4-6,19H,7-15H2,1-3H3,(H,23,28)/p+1. The van der Waals surface area contributed by atoms with Crippen LogP contribution in [0.25, 0.3) is 0 Å². The van der Waals surface area contributed by atoms with Crippen LogP contribution in [0.1, 0.15) is 30.9 Å². The Kier molecular flexibility index (Phi) is 6.90. The predicted molar refractivity (Wildman–Crippen MR) is 112 cm³/mol. The lowest BCUT2D eigenvalue weighted by atomic mass is 9.95. The Hall–Kier alpha value is -2.41. The van der Waals surface area contributed by atoms with E-state index in [2.05, 4.69) is 5.32 Å². The molecular formula is C22H33N4O3+. The molecule has 2 fully saturated rings. The fourth-order valence-electron chi connectivity index (χ4n) is 4.34. The number of nitrogens with one attached hydrogen (secondary N) is 2. The minimum atomic E-state index is 0.0220. The summed E-state index contributed by atoms with van der Waals surface area (Å²) in [4.78, 5) is 41.7. The van der Waals surface area contributed by atoms with E-state index < -0.39 is 0 Å². The molecule has 29 heavy (non-hydrogen) atoms. The van der Waals surface area contributed by atoms with E-state index in [-0.39, 0.29) is 23.6 Å². The number of quaternary nitrogens is 1. The predicted octanol–water partition coefficient (Wildman–Crippen LogP) is 0.228. The van der Waals surface area contributed by atoms with Crippen LogP contribution in [0.15, 0.2) is 18.2 Å². The number of nitrogens with zero attached hydrogens (tertiary/aromatic N) is 2. The van der Waals surface area contributed by atoms with Crippen LogP contribution < -0.4 is 10.2 Å². The summed E-state index contributed by atoms with van der Waals surface area (Å²) in [6.45, 7) is 10.3. The fourth-order valence-corrected chi connectivity index (χ4v) is 4.34. The zero-order chi connectivity index (χ0) is 21.0. The van der Waals surface area contributed by atoms with E-state index in [0.717, 1.165) is 42.7 Å². The normalized spacial score (nSPS) is 18.6. The van der Waals surface area contributed by atoms with Crippen molar-refractivity contribution in [1.29, 1.82) is 0 Å². The van der Waals surface area contributed by atoms with Crippen molar-refractivity contribution in [3.05, 3.63) is 29.3 Å². The van der Waals surface area contributed by atoms with Gasteiger partial charge in [-0.3, -0.25) is 14.4 Å². The van der Waals surface area contributed by atoms with Crippen molar-refractivity contribution in [3.63, 3.8) is 0 Å².